The van der Waals surface area contributed by atoms with Gasteiger partial charge in [-0.15, -0.1) is 0 Å². The largest absolute Gasteiger partial charge is 0.619 e. The number of halogens is 3. The maximum atomic E-state index is 12.8. The van der Waals surface area contributed by atoms with E-state index in [-0.39, 0.29) is 27.3 Å². The summed E-state index contributed by atoms with van der Waals surface area (Å²) in [5.41, 5.74) is -2.33. The molecule has 0 bridgehead atoms. The van der Waals surface area contributed by atoms with Crippen LogP contribution < -0.4 is 4.73 Å². The van der Waals surface area contributed by atoms with E-state index in [9.17, 15) is 38.7 Å². The number of alkyl halides is 3. The number of nitro benzene ring substituents is 1. The van der Waals surface area contributed by atoms with Gasteiger partial charge in [0.1, 0.15) is 11.3 Å². The summed E-state index contributed by atoms with van der Waals surface area (Å²) in [6, 6.07) is 3.67. The van der Waals surface area contributed by atoms with Gasteiger partial charge in [-0.3, -0.25) is 10.1 Å². The van der Waals surface area contributed by atoms with Gasteiger partial charge in [0.05, 0.1) is 10.5 Å². The lowest BCUT2D eigenvalue weighted by atomic mass is 10.1. The van der Waals surface area contributed by atoms with Crippen LogP contribution in [0.3, 0.4) is 0 Å². The van der Waals surface area contributed by atoms with E-state index >= 15 is 0 Å². The summed E-state index contributed by atoms with van der Waals surface area (Å²) in [6.07, 6.45) is -3.58. The molecule has 0 spiro atoms. The highest BCUT2D eigenvalue weighted by Crippen LogP contribution is 2.40. The Morgan fingerprint density at radius 3 is 2.44 bits per heavy atom. The summed E-state index contributed by atoms with van der Waals surface area (Å²) in [5, 5.41) is 45.0. The van der Waals surface area contributed by atoms with Gasteiger partial charge in [-0.1, -0.05) is 5.16 Å². The van der Waals surface area contributed by atoms with Crippen LogP contribution in [0, 0.1) is 15.3 Å². The zero-order valence-electron chi connectivity index (χ0n) is 13.0. The molecule has 0 saturated carbocycles. The number of hydrogen-bond donors (Lipinski definition) is 2. The minimum absolute atomic E-state index is 0.0334. The molecule has 1 aromatic carbocycles. The molecule has 3 rings (SSSR count). The number of pyridine rings is 1. The van der Waals surface area contributed by atoms with Crippen LogP contribution in [-0.4, -0.2) is 20.3 Å². The minimum Gasteiger partial charge on any atom is -0.619 e. The number of phenolic OH excluding ortho intramolecular Hbond substituents is 2. The first-order chi connectivity index (χ1) is 12.6. The molecule has 0 fully saturated rings. The molecular weight excluding hydrogens is 375 g/mol. The topological polar surface area (TPSA) is 137 Å². The Balaban J connectivity index is 2.06. The third kappa shape index (κ3) is 3.44. The van der Waals surface area contributed by atoms with Crippen LogP contribution in [0.25, 0.3) is 22.6 Å². The lowest BCUT2D eigenvalue weighted by Gasteiger charge is -2.07. The van der Waals surface area contributed by atoms with Crippen LogP contribution in [0.15, 0.2) is 41.2 Å². The molecule has 2 heterocycles. The molecule has 12 heteroatoms. The number of aromatic hydroxyl groups is 2. The van der Waals surface area contributed by atoms with Gasteiger partial charge in [0.15, 0.2) is 23.9 Å². The highest BCUT2D eigenvalue weighted by molar-refractivity contribution is 5.72. The van der Waals surface area contributed by atoms with E-state index in [4.69, 9.17) is 4.52 Å². The number of nitrogens with zero attached hydrogens (tertiary/aromatic N) is 3. The third-order valence-corrected chi connectivity index (χ3v) is 3.53. The fourth-order valence-electron chi connectivity index (χ4n) is 2.28. The van der Waals surface area contributed by atoms with Crippen molar-refractivity contribution in [1.82, 2.24) is 5.16 Å². The van der Waals surface area contributed by atoms with Gasteiger partial charge in [0.2, 0.25) is 5.75 Å². The standard InChI is InChI=1S/C15H8F3N3O6/c16-15(17,18)9-1-8(5-20(24)6-9)13-4-10(19-27-13)7-2-11(21(25)26)14(23)12(22)3-7/h1-6,22-23H. The van der Waals surface area contributed by atoms with Crippen molar-refractivity contribution < 1.29 is 37.6 Å². The van der Waals surface area contributed by atoms with Gasteiger partial charge in [-0.05, 0) is 12.1 Å². The van der Waals surface area contributed by atoms with Gasteiger partial charge in [0, 0.05) is 17.7 Å². The van der Waals surface area contributed by atoms with E-state index in [1.165, 1.54) is 0 Å². The molecule has 0 aliphatic rings. The minimum atomic E-state index is -4.76. The summed E-state index contributed by atoms with van der Waals surface area (Å²) in [5.74, 6) is -1.95. The van der Waals surface area contributed by atoms with Crippen LogP contribution in [0.1, 0.15) is 5.56 Å². The predicted octanol–water partition coefficient (Wildman–Crippen LogP) is 2.98. The predicted molar refractivity (Wildman–Crippen MR) is 81.3 cm³/mol. The van der Waals surface area contributed by atoms with Crippen molar-refractivity contribution in [2.75, 3.05) is 0 Å². The van der Waals surface area contributed by atoms with E-state index < -0.39 is 33.8 Å². The van der Waals surface area contributed by atoms with Crippen LogP contribution in [0.4, 0.5) is 18.9 Å². The van der Waals surface area contributed by atoms with Crippen molar-refractivity contribution in [3.05, 3.63) is 57.5 Å². The zero-order chi connectivity index (χ0) is 19.9. The molecule has 3 aromatic rings. The van der Waals surface area contributed by atoms with Crippen molar-refractivity contribution >= 4 is 5.69 Å². The number of nitro groups is 1. The SMILES string of the molecule is O=[N+]([O-])c1cc(-c2cc(-c3cc(C(F)(F)F)c[n+]([O-])c3)on2)cc(O)c1O. The number of hydrogen-bond acceptors (Lipinski definition) is 7. The first-order valence-corrected chi connectivity index (χ1v) is 7.05. The van der Waals surface area contributed by atoms with E-state index in [1.807, 2.05) is 0 Å². The van der Waals surface area contributed by atoms with E-state index in [1.54, 1.807) is 0 Å². The number of aromatic nitrogens is 2. The Kier molecular flexibility index (Phi) is 4.10. The van der Waals surface area contributed by atoms with Crippen molar-refractivity contribution in [1.29, 1.82) is 0 Å². The molecule has 0 atom stereocenters. The summed E-state index contributed by atoms with van der Waals surface area (Å²) in [4.78, 5) is 9.96. The summed E-state index contributed by atoms with van der Waals surface area (Å²) in [7, 11) is 0. The maximum absolute atomic E-state index is 12.8. The monoisotopic (exact) mass is 383 g/mol. The first-order valence-electron chi connectivity index (χ1n) is 7.05. The van der Waals surface area contributed by atoms with Crippen molar-refractivity contribution in [3.63, 3.8) is 0 Å². The van der Waals surface area contributed by atoms with Crippen LogP contribution >= 0.6 is 0 Å². The Hall–Kier alpha value is -3.83. The average Bonchev–Trinajstić information content (AvgIpc) is 3.05. The van der Waals surface area contributed by atoms with E-state index in [2.05, 4.69) is 5.16 Å². The fraction of sp³-hybridized carbons (Fsp3) is 0.0667. The molecule has 140 valence electrons. The van der Waals surface area contributed by atoms with Gasteiger partial charge in [-0.2, -0.15) is 17.9 Å². The first kappa shape index (κ1) is 18.0. The molecule has 0 aliphatic carbocycles. The fourth-order valence-corrected chi connectivity index (χ4v) is 2.28. The van der Waals surface area contributed by atoms with E-state index in [0.717, 1.165) is 24.4 Å². The Labute approximate surface area is 147 Å². The number of phenols is 2. The Morgan fingerprint density at radius 1 is 1.11 bits per heavy atom. The smallest absolute Gasteiger partial charge is 0.422 e. The lowest BCUT2D eigenvalue weighted by molar-refractivity contribution is -0.606. The quantitative estimate of drug-likeness (QED) is 0.233. The summed E-state index contributed by atoms with van der Waals surface area (Å²) < 4.78 is 43.3. The molecular formula is C15H8F3N3O6. The van der Waals surface area contributed by atoms with Crippen LogP contribution in [-0.2, 0) is 6.18 Å². The molecule has 0 saturated heterocycles. The number of benzene rings is 1. The third-order valence-electron chi connectivity index (χ3n) is 3.53. The summed E-state index contributed by atoms with van der Waals surface area (Å²) >= 11 is 0. The van der Waals surface area contributed by atoms with Gasteiger partial charge < -0.3 is 19.9 Å². The second kappa shape index (κ2) is 6.16. The normalized spacial score (nSPS) is 11.5. The highest BCUT2D eigenvalue weighted by atomic mass is 19.4. The number of rotatable bonds is 3. The molecule has 0 aliphatic heterocycles. The summed E-state index contributed by atoms with van der Waals surface area (Å²) in [6.45, 7) is 0. The van der Waals surface area contributed by atoms with Crippen molar-refractivity contribution in [2.45, 2.75) is 6.18 Å². The van der Waals surface area contributed by atoms with Crippen molar-refractivity contribution in [3.8, 4) is 34.1 Å². The molecule has 0 amide bonds. The Bertz CT molecular complexity index is 1050. The van der Waals surface area contributed by atoms with Crippen LogP contribution in [0.5, 0.6) is 11.5 Å². The lowest BCUT2D eigenvalue weighted by Crippen LogP contribution is -2.27. The second-order valence-electron chi connectivity index (χ2n) is 5.37. The zero-order valence-corrected chi connectivity index (χ0v) is 13.0. The average molecular weight is 383 g/mol. The highest BCUT2D eigenvalue weighted by Gasteiger charge is 2.34. The molecule has 27 heavy (non-hydrogen) atoms. The molecule has 9 nitrogen and oxygen atoms in total. The van der Waals surface area contributed by atoms with Gasteiger partial charge in [0.25, 0.3) is 0 Å². The van der Waals surface area contributed by atoms with Crippen molar-refractivity contribution in [2.24, 2.45) is 0 Å². The molecule has 0 unspecified atom stereocenters. The maximum Gasteiger partial charge on any atom is 0.422 e. The second-order valence-corrected chi connectivity index (χ2v) is 5.37. The van der Waals surface area contributed by atoms with Gasteiger partial charge in [-0.25, -0.2) is 0 Å². The van der Waals surface area contributed by atoms with Gasteiger partial charge >= 0.3 is 11.9 Å². The Morgan fingerprint density at radius 2 is 1.81 bits per heavy atom. The molecule has 2 aromatic heterocycles. The van der Waals surface area contributed by atoms with E-state index in [0.29, 0.717) is 12.3 Å². The molecule has 2 N–H and O–H groups in total. The molecule has 0 radical (unpaired) electrons. The van der Waals surface area contributed by atoms with Crippen LogP contribution in [0.2, 0.25) is 0 Å².